The van der Waals surface area contributed by atoms with Crippen LogP contribution in [0.5, 0.6) is 0 Å². The van der Waals surface area contributed by atoms with Gasteiger partial charge < -0.3 is 4.74 Å². The molecular weight excluding hydrogens is 416 g/mol. The molecule has 1 fully saturated rings. The van der Waals surface area contributed by atoms with Crippen molar-refractivity contribution in [1.29, 1.82) is 0 Å². The number of nitrogens with zero attached hydrogens (tertiary/aromatic N) is 4. The van der Waals surface area contributed by atoms with E-state index in [1.165, 1.54) is 4.68 Å². The molecule has 0 aliphatic carbocycles. The van der Waals surface area contributed by atoms with Gasteiger partial charge in [0.2, 0.25) is 10.0 Å². The molecule has 1 aromatic heterocycles. The molecule has 31 heavy (non-hydrogen) atoms. The van der Waals surface area contributed by atoms with E-state index in [2.05, 4.69) is 25.9 Å². The Balaban J connectivity index is 1.74. The van der Waals surface area contributed by atoms with Crippen molar-refractivity contribution in [3.05, 3.63) is 46.1 Å². The first-order chi connectivity index (χ1) is 14.6. The third-order valence-corrected chi connectivity index (χ3v) is 7.86. The van der Waals surface area contributed by atoms with Crippen molar-refractivity contribution in [2.45, 2.75) is 69.9 Å². The largest absolute Gasteiger partial charge is 0.383 e. The predicted octanol–water partition coefficient (Wildman–Crippen LogP) is 2.58. The molecule has 2 heterocycles. The van der Waals surface area contributed by atoms with E-state index < -0.39 is 10.0 Å². The summed E-state index contributed by atoms with van der Waals surface area (Å²) in [6.45, 7) is 10.4. The van der Waals surface area contributed by atoms with E-state index in [0.717, 1.165) is 11.4 Å². The molecule has 1 aromatic carbocycles. The Morgan fingerprint density at radius 3 is 2.26 bits per heavy atom. The molecule has 1 aliphatic heterocycles. The number of methoxy groups -OCH3 is 1. The molecule has 1 saturated heterocycles. The van der Waals surface area contributed by atoms with E-state index in [9.17, 15) is 13.2 Å². The number of hydrogen-bond acceptors (Lipinski definition) is 5. The second kappa shape index (κ2) is 9.26. The Hall–Kier alpha value is -1.97. The molecule has 3 rings (SSSR count). The van der Waals surface area contributed by atoms with Crippen LogP contribution in [0, 0.1) is 0 Å². The second-order valence-electron chi connectivity index (χ2n) is 9.05. The number of ether oxygens (including phenoxy) is 1. The molecular formula is C22H34N4O4S. The number of sulfonamides is 1. The van der Waals surface area contributed by atoms with Gasteiger partial charge in [0.25, 0.3) is 0 Å². The summed E-state index contributed by atoms with van der Waals surface area (Å²) in [4.78, 5) is 12.9. The Kier molecular flexibility index (Phi) is 7.08. The van der Waals surface area contributed by atoms with Gasteiger partial charge in [0.05, 0.1) is 18.0 Å². The summed E-state index contributed by atoms with van der Waals surface area (Å²) >= 11 is 0. The number of piperidine rings is 1. The van der Waals surface area contributed by atoms with Crippen molar-refractivity contribution in [1.82, 2.24) is 18.7 Å². The summed E-state index contributed by atoms with van der Waals surface area (Å²) in [6.07, 6.45) is 1.28. The van der Waals surface area contributed by atoms with Crippen molar-refractivity contribution in [3.8, 4) is 0 Å². The fourth-order valence-corrected chi connectivity index (χ4v) is 5.48. The third kappa shape index (κ3) is 4.94. The highest BCUT2D eigenvalue weighted by Gasteiger charge is 2.32. The average molecular weight is 451 g/mol. The predicted molar refractivity (Wildman–Crippen MR) is 120 cm³/mol. The van der Waals surface area contributed by atoms with Crippen LogP contribution in [-0.4, -0.2) is 53.9 Å². The SMILES string of the molecule is CCn1c(C2CCN(S(=O)(=O)c3ccc(C(C)(C)C)cc3)CC2)nn(CCOC)c1=O. The fraction of sp³-hybridized carbons (Fsp3) is 0.636. The van der Waals surface area contributed by atoms with E-state index in [1.54, 1.807) is 28.1 Å². The van der Waals surface area contributed by atoms with Gasteiger partial charge in [-0.25, -0.2) is 17.9 Å². The second-order valence-corrected chi connectivity index (χ2v) is 11.0. The Morgan fingerprint density at radius 1 is 1.13 bits per heavy atom. The molecule has 0 bridgehead atoms. The molecule has 2 aromatic rings. The van der Waals surface area contributed by atoms with Crippen molar-refractivity contribution in [2.75, 3.05) is 26.8 Å². The molecule has 0 spiro atoms. The Bertz CT molecular complexity index is 1040. The maximum atomic E-state index is 13.1. The smallest absolute Gasteiger partial charge is 0.345 e. The minimum Gasteiger partial charge on any atom is -0.383 e. The Labute approximate surface area is 184 Å². The highest BCUT2D eigenvalue weighted by molar-refractivity contribution is 7.89. The summed E-state index contributed by atoms with van der Waals surface area (Å²) in [5.41, 5.74) is 0.942. The monoisotopic (exact) mass is 450 g/mol. The standard InChI is InChI=1S/C22H34N4O4S/c1-6-25-20(23-26(21(25)27)15-16-30-5)17-11-13-24(14-12-17)31(28,29)19-9-7-18(8-10-19)22(2,3)4/h7-10,17H,6,11-16H2,1-5H3. The first kappa shape index (κ1) is 23.7. The molecule has 9 heteroatoms. The van der Waals surface area contributed by atoms with Gasteiger partial charge in [0.1, 0.15) is 5.82 Å². The highest BCUT2D eigenvalue weighted by Crippen LogP contribution is 2.30. The van der Waals surface area contributed by atoms with Gasteiger partial charge in [-0.2, -0.15) is 9.40 Å². The van der Waals surface area contributed by atoms with Crippen LogP contribution in [0.1, 0.15) is 57.8 Å². The minimum absolute atomic E-state index is 0.0254. The Morgan fingerprint density at radius 2 is 1.74 bits per heavy atom. The van der Waals surface area contributed by atoms with Crippen LogP contribution in [0.4, 0.5) is 0 Å². The van der Waals surface area contributed by atoms with E-state index in [-0.39, 0.29) is 17.0 Å². The van der Waals surface area contributed by atoms with Gasteiger partial charge in [-0.15, -0.1) is 0 Å². The van der Waals surface area contributed by atoms with Crippen LogP contribution in [-0.2, 0) is 33.3 Å². The summed E-state index contributed by atoms with van der Waals surface area (Å²) in [5.74, 6) is 0.807. The molecule has 0 saturated carbocycles. The third-order valence-electron chi connectivity index (χ3n) is 5.95. The molecule has 0 unspecified atom stereocenters. The summed E-state index contributed by atoms with van der Waals surface area (Å²) in [5, 5.41) is 4.54. The number of aromatic nitrogens is 3. The van der Waals surface area contributed by atoms with Crippen LogP contribution in [0.3, 0.4) is 0 Å². The van der Waals surface area contributed by atoms with Gasteiger partial charge in [-0.05, 0) is 42.9 Å². The van der Waals surface area contributed by atoms with Crippen molar-refractivity contribution >= 4 is 10.0 Å². The summed E-state index contributed by atoms with van der Waals surface area (Å²) in [7, 11) is -1.95. The lowest BCUT2D eigenvalue weighted by Gasteiger charge is -2.31. The molecule has 0 amide bonds. The zero-order chi connectivity index (χ0) is 22.8. The van der Waals surface area contributed by atoms with Gasteiger partial charge in [-0.1, -0.05) is 32.9 Å². The van der Waals surface area contributed by atoms with Crippen LogP contribution in [0.2, 0.25) is 0 Å². The normalized spacial score (nSPS) is 16.7. The maximum Gasteiger partial charge on any atom is 0.345 e. The minimum atomic E-state index is -3.54. The van der Waals surface area contributed by atoms with Crippen molar-refractivity contribution in [3.63, 3.8) is 0 Å². The van der Waals surface area contributed by atoms with E-state index in [1.807, 2.05) is 19.1 Å². The quantitative estimate of drug-likeness (QED) is 0.647. The van der Waals surface area contributed by atoms with E-state index in [4.69, 9.17) is 4.74 Å². The molecule has 0 N–H and O–H groups in total. The fourth-order valence-electron chi connectivity index (χ4n) is 4.01. The van der Waals surface area contributed by atoms with Gasteiger partial charge >= 0.3 is 5.69 Å². The number of benzene rings is 1. The lowest BCUT2D eigenvalue weighted by atomic mass is 9.87. The summed E-state index contributed by atoms with van der Waals surface area (Å²) < 4.78 is 36.0. The zero-order valence-electron chi connectivity index (χ0n) is 19.2. The maximum absolute atomic E-state index is 13.1. The molecule has 0 atom stereocenters. The van der Waals surface area contributed by atoms with Crippen LogP contribution < -0.4 is 5.69 Å². The van der Waals surface area contributed by atoms with Crippen molar-refractivity contribution in [2.24, 2.45) is 0 Å². The lowest BCUT2D eigenvalue weighted by Crippen LogP contribution is -2.38. The van der Waals surface area contributed by atoms with Gasteiger partial charge in [0.15, 0.2) is 0 Å². The number of rotatable bonds is 7. The molecule has 172 valence electrons. The molecule has 1 aliphatic rings. The zero-order valence-corrected chi connectivity index (χ0v) is 20.0. The topological polar surface area (TPSA) is 86.4 Å². The van der Waals surface area contributed by atoms with Gasteiger partial charge in [-0.3, -0.25) is 4.57 Å². The lowest BCUT2D eigenvalue weighted by molar-refractivity contribution is 0.182. The van der Waals surface area contributed by atoms with E-state index in [0.29, 0.717) is 50.5 Å². The molecule has 0 radical (unpaired) electrons. The van der Waals surface area contributed by atoms with Crippen molar-refractivity contribution < 1.29 is 13.2 Å². The van der Waals surface area contributed by atoms with E-state index >= 15 is 0 Å². The van der Waals surface area contributed by atoms with Crippen LogP contribution in [0.25, 0.3) is 0 Å². The first-order valence-electron chi connectivity index (χ1n) is 10.9. The van der Waals surface area contributed by atoms with Crippen LogP contribution >= 0.6 is 0 Å². The molecule has 8 nitrogen and oxygen atoms in total. The summed E-state index contributed by atoms with van der Waals surface area (Å²) in [6, 6.07) is 7.20. The average Bonchev–Trinajstić information content (AvgIpc) is 3.07. The van der Waals surface area contributed by atoms with Gasteiger partial charge in [0, 0.05) is 32.7 Å². The highest BCUT2D eigenvalue weighted by atomic mass is 32.2. The first-order valence-corrected chi connectivity index (χ1v) is 12.3. The number of hydrogen-bond donors (Lipinski definition) is 0. The van der Waals surface area contributed by atoms with Crippen LogP contribution in [0.15, 0.2) is 34.0 Å².